The van der Waals surface area contributed by atoms with Crippen molar-refractivity contribution in [2.24, 2.45) is 17.8 Å². The van der Waals surface area contributed by atoms with Gasteiger partial charge in [0.25, 0.3) is 0 Å². The fraction of sp³-hybridized carbons (Fsp3) is 0.462. The van der Waals surface area contributed by atoms with Crippen molar-refractivity contribution in [3.05, 3.63) is 65.1 Å². The van der Waals surface area contributed by atoms with Gasteiger partial charge in [-0.15, -0.1) is 11.8 Å². The summed E-state index contributed by atoms with van der Waals surface area (Å²) in [6.07, 6.45) is 13.9. The van der Waals surface area contributed by atoms with Crippen molar-refractivity contribution in [3.8, 4) is 0 Å². The standard InChI is InChI=1S/C26H33BOS/c1-18-13-19(2)15-20(14-18)11-12-29-26-9-6-21(7-10-26)22-3-4-24-17-25(27-28)8-5-23(24)16-22/h3-6,8-10,16-21,27-28H,7,11-15H2,1-2H3. The summed E-state index contributed by atoms with van der Waals surface area (Å²) in [5.41, 5.74) is 2.36. The highest BCUT2D eigenvalue weighted by Crippen LogP contribution is 2.37. The van der Waals surface area contributed by atoms with E-state index in [0.29, 0.717) is 5.92 Å². The third-order valence-electron chi connectivity index (χ3n) is 6.68. The molecule has 0 radical (unpaired) electrons. The lowest BCUT2D eigenvalue weighted by molar-refractivity contribution is 0.216. The molecule has 2 aliphatic rings. The minimum atomic E-state index is 0.104. The Labute approximate surface area is 181 Å². The van der Waals surface area contributed by atoms with Gasteiger partial charge in [0.05, 0.1) is 0 Å². The Bertz CT molecular complexity index is 893. The highest BCUT2D eigenvalue weighted by molar-refractivity contribution is 8.03. The summed E-state index contributed by atoms with van der Waals surface area (Å²) < 4.78 is 0. The van der Waals surface area contributed by atoms with Crippen molar-refractivity contribution in [2.75, 3.05) is 5.75 Å². The van der Waals surface area contributed by atoms with Crippen LogP contribution >= 0.6 is 11.8 Å². The Hall–Kier alpha value is -1.45. The largest absolute Gasteiger partial charge is 0.449 e. The van der Waals surface area contributed by atoms with Crippen molar-refractivity contribution >= 4 is 35.5 Å². The molecule has 152 valence electrons. The van der Waals surface area contributed by atoms with E-state index in [2.05, 4.69) is 62.4 Å². The molecule has 0 aliphatic heterocycles. The summed E-state index contributed by atoms with van der Waals surface area (Å²) in [4.78, 5) is 1.45. The zero-order valence-electron chi connectivity index (χ0n) is 17.8. The highest BCUT2D eigenvalue weighted by atomic mass is 32.2. The second kappa shape index (κ2) is 9.58. The number of hydrogen-bond acceptors (Lipinski definition) is 2. The summed E-state index contributed by atoms with van der Waals surface area (Å²) in [6, 6.07) is 13.0. The lowest BCUT2D eigenvalue weighted by atomic mass is 9.76. The molecule has 0 heterocycles. The van der Waals surface area contributed by atoms with Crippen LogP contribution in [0.3, 0.4) is 0 Å². The second-order valence-electron chi connectivity index (χ2n) is 9.33. The zero-order chi connectivity index (χ0) is 20.2. The lowest BCUT2D eigenvalue weighted by Crippen LogP contribution is -2.19. The van der Waals surface area contributed by atoms with Crippen LogP contribution in [0.5, 0.6) is 0 Å². The Kier molecular flexibility index (Phi) is 6.87. The molecule has 3 unspecified atom stereocenters. The van der Waals surface area contributed by atoms with E-state index in [9.17, 15) is 5.02 Å². The molecule has 1 nitrogen and oxygen atoms in total. The Balaban J connectivity index is 1.30. The third-order valence-corrected chi connectivity index (χ3v) is 7.75. The van der Waals surface area contributed by atoms with Crippen LogP contribution in [0.2, 0.25) is 0 Å². The van der Waals surface area contributed by atoms with E-state index < -0.39 is 0 Å². The smallest absolute Gasteiger partial charge is 0.304 e. The normalized spacial score (nSPS) is 27.1. The summed E-state index contributed by atoms with van der Waals surface area (Å²) >= 11 is 2.05. The molecule has 0 aromatic heterocycles. The molecule has 2 aliphatic carbocycles. The Morgan fingerprint density at radius 1 is 1.00 bits per heavy atom. The first kappa shape index (κ1) is 20.8. The SMILES string of the molecule is CC1CC(C)CC(CCSC2=CCC(c3ccc4cc(BO)ccc4c3)C=C2)C1. The molecule has 3 heteroatoms. The molecular weight excluding hydrogens is 371 g/mol. The van der Waals surface area contributed by atoms with E-state index in [-0.39, 0.29) is 7.48 Å². The fourth-order valence-corrected chi connectivity index (χ4v) is 6.37. The minimum Gasteiger partial charge on any atom is -0.449 e. The van der Waals surface area contributed by atoms with Gasteiger partial charge in [-0.3, -0.25) is 0 Å². The maximum Gasteiger partial charge on any atom is 0.304 e. The second-order valence-corrected chi connectivity index (χ2v) is 10.5. The average molecular weight is 404 g/mol. The minimum absolute atomic E-state index is 0.104. The van der Waals surface area contributed by atoms with Crippen molar-refractivity contribution in [1.82, 2.24) is 0 Å². The molecule has 0 spiro atoms. The quantitative estimate of drug-likeness (QED) is 0.602. The lowest BCUT2D eigenvalue weighted by Gasteiger charge is -2.31. The first-order chi connectivity index (χ1) is 14.1. The van der Waals surface area contributed by atoms with E-state index in [1.165, 1.54) is 52.7 Å². The van der Waals surface area contributed by atoms with Crippen LogP contribution in [0.4, 0.5) is 0 Å². The van der Waals surface area contributed by atoms with Gasteiger partial charge in [-0.05, 0) is 71.9 Å². The van der Waals surface area contributed by atoms with Crippen LogP contribution in [0.25, 0.3) is 10.8 Å². The first-order valence-electron chi connectivity index (χ1n) is 11.3. The predicted molar refractivity (Wildman–Crippen MR) is 130 cm³/mol. The summed E-state index contributed by atoms with van der Waals surface area (Å²) in [6.45, 7) is 4.86. The highest BCUT2D eigenvalue weighted by Gasteiger charge is 2.23. The van der Waals surface area contributed by atoms with Crippen LogP contribution in [-0.4, -0.2) is 18.3 Å². The number of rotatable bonds is 6. The third kappa shape index (κ3) is 5.38. The first-order valence-corrected chi connectivity index (χ1v) is 12.2. The number of benzene rings is 2. The number of hydrogen-bond donors (Lipinski definition) is 1. The van der Waals surface area contributed by atoms with E-state index in [1.807, 2.05) is 17.8 Å². The summed E-state index contributed by atoms with van der Waals surface area (Å²) in [5.74, 6) is 4.50. The van der Waals surface area contributed by atoms with Gasteiger partial charge < -0.3 is 5.02 Å². The molecule has 2 aromatic carbocycles. The number of thioether (sulfide) groups is 1. The van der Waals surface area contributed by atoms with Gasteiger partial charge in [-0.25, -0.2) is 0 Å². The summed E-state index contributed by atoms with van der Waals surface area (Å²) in [7, 11) is 0.104. The van der Waals surface area contributed by atoms with E-state index in [1.54, 1.807) is 0 Å². The number of allylic oxidation sites excluding steroid dienone is 3. The van der Waals surface area contributed by atoms with Gasteiger partial charge in [0, 0.05) is 10.8 Å². The van der Waals surface area contributed by atoms with Crippen LogP contribution in [0, 0.1) is 17.8 Å². The van der Waals surface area contributed by atoms with Gasteiger partial charge in [0.2, 0.25) is 0 Å². The van der Waals surface area contributed by atoms with Crippen molar-refractivity contribution < 1.29 is 5.02 Å². The molecule has 4 rings (SSSR count). The van der Waals surface area contributed by atoms with Crippen LogP contribution in [0.15, 0.2) is 59.5 Å². The fourth-order valence-electron chi connectivity index (χ4n) is 5.29. The van der Waals surface area contributed by atoms with Gasteiger partial charge in [-0.2, -0.15) is 0 Å². The summed E-state index contributed by atoms with van der Waals surface area (Å²) in [5, 5.41) is 11.8. The van der Waals surface area contributed by atoms with Crippen molar-refractivity contribution in [2.45, 2.75) is 51.9 Å². The van der Waals surface area contributed by atoms with Gasteiger partial charge >= 0.3 is 7.48 Å². The van der Waals surface area contributed by atoms with Crippen molar-refractivity contribution in [1.29, 1.82) is 0 Å². The van der Waals surface area contributed by atoms with Crippen LogP contribution in [0.1, 0.15) is 57.4 Å². The maximum atomic E-state index is 9.32. The van der Waals surface area contributed by atoms with E-state index in [4.69, 9.17) is 0 Å². The maximum absolute atomic E-state index is 9.32. The molecule has 0 amide bonds. The zero-order valence-corrected chi connectivity index (χ0v) is 18.6. The van der Waals surface area contributed by atoms with Gasteiger partial charge in [-0.1, -0.05) is 73.9 Å². The average Bonchev–Trinajstić information content (AvgIpc) is 2.73. The molecule has 1 fully saturated rings. The van der Waals surface area contributed by atoms with E-state index in [0.717, 1.165) is 29.6 Å². The Morgan fingerprint density at radius 3 is 2.48 bits per heavy atom. The molecule has 1 N–H and O–H groups in total. The topological polar surface area (TPSA) is 20.2 Å². The van der Waals surface area contributed by atoms with E-state index >= 15 is 0 Å². The van der Waals surface area contributed by atoms with Crippen LogP contribution in [-0.2, 0) is 0 Å². The monoisotopic (exact) mass is 404 g/mol. The predicted octanol–water partition coefficient (Wildman–Crippen LogP) is 5.93. The van der Waals surface area contributed by atoms with Gasteiger partial charge in [0.15, 0.2) is 0 Å². The molecule has 0 bridgehead atoms. The van der Waals surface area contributed by atoms with Gasteiger partial charge in [0.1, 0.15) is 0 Å². The molecule has 29 heavy (non-hydrogen) atoms. The molecule has 0 saturated heterocycles. The Morgan fingerprint density at radius 2 is 1.76 bits per heavy atom. The molecule has 1 saturated carbocycles. The van der Waals surface area contributed by atoms with Crippen molar-refractivity contribution in [3.63, 3.8) is 0 Å². The van der Waals surface area contributed by atoms with Crippen LogP contribution < -0.4 is 5.46 Å². The molecule has 3 atom stereocenters. The molecule has 2 aromatic rings. The molecular formula is C26H33BOS. The number of fused-ring (bicyclic) bond motifs is 1.